The molecule has 2 N–H and O–H groups in total. The normalized spacial score (nSPS) is 18.9. The van der Waals surface area contributed by atoms with Crippen LogP contribution in [0, 0.1) is 0 Å². The summed E-state index contributed by atoms with van der Waals surface area (Å²) in [5.41, 5.74) is 1.44. The Bertz CT molecular complexity index is 529. The summed E-state index contributed by atoms with van der Waals surface area (Å²) in [4.78, 5) is 4.61. The van der Waals surface area contributed by atoms with Crippen LogP contribution in [-0.4, -0.2) is 38.8 Å². The Kier molecular flexibility index (Phi) is 4.41. The van der Waals surface area contributed by atoms with Gasteiger partial charge in [-0.1, -0.05) is 12.8 Å². The van der Waals surface area contributed by atoms with Crippen LogP contribution in [0.2, 0.25) is 0 Å². The predicted octanol–water partition coefficient (Wildman–Crippen LogP) is 2.11. The molecular weight excluding hydrogens is 278 g/mol. The Morgan fingerprint density at radius 3 is 2.45 bits per heavy atom. The second kappa shape index (κ2) is 6.46. The van der Waals surface area contributed by atoms with Gasteiger partial charge in [0.25, 0.3) is 0 Å². The van der Waals surface area contributed by atoms with Crippen molar-refractivity contribution in [2.45, 2.75) is 37.6 Å². The van der Waals surface area contributed by atoms with Gasteiger partial charge < -0.3 is 20.1 Å². The average Bonchev–Trinajstić information content (AvgIpc) is 3.17. The molecule has 22 heavy (non-hydrogen) atoms. The van der Waals surface area contributed by atoms with Gasteiger partial charge in [0, 0.05) is 12.6 Å². The maximum atomic E-state index is 5.30. The monoisotopic (exact) mass is 303 g/mol. The van der Waals surface area contributed by atoms with Gasteiger partial charge in [0.05, 0.1) is 26.3 Å². The molecule has 1 spiro atoms. The fraction of sp³-hybridized carbons (Fsp3) is 0.588. The van der Waals surface area contributed by atoms with Gasteiger partial charge in [0.15, 0.2) is 5.96 Å². The van der Waals surface area contributed by atoms with Crippen molar-refractivity contribution in [3.63, 3.8) is 0 Å². The highest BCUT2D eigenvalue weighted by Gasteiger charge is 2.37. The number of ether oxygens (including phenoxy) is 2. The van der Waals surface area contributed by atoms with Gasteiger partial charge in [-0.25, -0.2) is 0 Å². The third-order valence-electron chi connectivity index (χ3n) is 4.60. The predicted molar refractivity (Wildman–Crippen MR) is 87.9 cm³/mol. The highest BCUT2D eigenvalue weighted by Crippen LogP contribution is 2.31. The van der Waals surface area contributed by atoms with Crippen LogP contribution in [0.4, 0.5) is 0 Å². The molecular formula is C17H25N3O2. The summed E-state index contributed by atoms with van der Waals surface area (Å²) in [6.45, 7) is 1.76. The fourth-order valence-electron chi connectivity index (χ4n) is 3.33. The lowest BCUT2D eigenvalue weighted by Gasteiger charge is -2.23. The average molecular weight is 303 g/mol. The second-order valence-corrected chi connectivity index (χ2v) is 6.17. The molecule has 1 aliphatic carbocycles. The van der Waals surface area contributed by atoms with Gasteiger partial charge in [-0.3, -0.25) is 4.99 Å². The zero-order chi connectivity index (χ0) is 15.4. The summed E-state index contributed by atoms with van der Waals surface area (Å²) in [5, 5.41) is 7.00. The van der Waals surface area contributed by atoms with Crippen molar-refractivity contribution in [3.05, 3.63) is 23.8 Å². The lowest BCUT2D eigenvalue weighted by atomic mass is 9.99. The number of guanidine groups is 1. The fourth-order valence-corrected chi connectivity index (χ4v) is 3.33. The first-order chi connectivity index (χ1) is 10.7. The third kappa shape index (κ3) is 3.29. The summed E-state index contributed by atoms with van der Waals surface area (Å²) in [7, 11) is 3.35. The second-order valence-electron chi connectivity index (χ2n) is 6.17. The Morgan fingerprint density at radius 1 is 1.14 bits per heavy atom. The minimum absolute atomic E-state index is 0.252. The lowest BCUT2D eigenvalue weighted by Crippen LogP contribution is -2.47. The summed E-state index contributed by atoms with van der Waals surface area (Å²) < 4.78 is 10.6. The van der Waals surface area contributed by atoms with Crippen molar-refractivity contribution in [1.82, 2.24) is 10.6 Å². The molecule has 5 heteroatoms. The highest BCUT2D eigenvalue weighted by molar-refractivity contribution is 5.82. The van der Waals surface area contributed by atoms with Crippen molar-refractivity contribution in [2.24, 2.45) is 4.99 Å². The molecule has 1 aromatic rings. The van der Waals surface area contributed by atoms with Crippen molar-refractivity contribution in [2.75, 3.05) is 27.3 Å². The van der Waals surface area contributed by atoms with Crippen LogP contribution < -0.4 is 20.1 Å². The maximum absolute atomic E-state index is 5.30. The van der Waals surface area contributed by atoms with Crippen LogP contribution in [0.15, 0.2) is 23.2 Å². The minimum Gasteiger partial charge on any atom is -0.497 e. The summed E-state index contributed by atoms with van der Waals surface area (Å²) in [6, 6.07) is 5.99. The molecule has 1 heterocycles. The number of aliphatic imine (C=N–C) groups is 1. The van der Waals surface area contributed by atoms with Crippen molar-refractivity contribution in [1.29, 1.82) is 0 Å². The molecule has 1 saturated carbocycles. The zero-order valence-electron chi connectivity index (χ0n) is 13.4. The van der Waals surface area contributed by atoms with E-state index in [1.807, 2.05) is 18.2 Å². The van der Waals surface area contributed by atoms with Crippen molar-refractivity contribution in [3.8, 4) is 11.5 Å². The number of methoxy groups -OCH3 is 2. The van der Waals surface area contributed by atoms with Crippen molar-refractivity contribution < 1.29 is 9.47 Å². The van der Waals surface area contributed by atoms with E-state index >= 15 is 0 Å². The van der Waals surface area contributed by atoms with E-state index in [4.69, 9.17) is 9.47 Å². The van der Waals surface area contributed by atoms with Crippen LogP contribution >= 0.6 is 0 Å². The highest BCUT2D eigenvalue weighted by atomic mass is 16.5. The number of hydrogen-bond donors (Lipinski definition) is 2. The molecule has 5 nitrogen and oxygen atoms in total. The number of nitrogens with zero attached hydrogens (tertiary/aromatic N) is 1. The van der Waals surface area contributed by atoms with E-state index in [1.165, 1.54) is 31.2 Å². The molecule has 0 radical (unpaired) electrons. The summed E-state index contributed by atoms with van der Waals surface area (Å²) >= 11 is 0. The van der Waals surface area contributed by atoms with E-state index in [2.05, 4.69) is 15.6 Å². The van der Waals surface area contributed by atoms with Gasteiger partial charge in [0.1, 0.15) is 11.5 Å². The molecule has 0 amide bonds. The Balaban J connectivity index is 1.51. The van der Waals surface area contributed by atoms with E-state index in [0.29, 0.717) is 0 Å². The van der Waals surface area contributed by atoms with Crippen LogP contribution in [-0.2, 0) is 6.42 Å². The Labute approximate surface area is 132 Å². The first kappa shape index (κ1) is 15.0. The smallest absolute Gasteiger partial charge is 0.191 e. The molecule has 120 valence electrons. The lowest BCUT2D eigenvalue weighted by molar-refractivity contribution is 0.393. The van der Waals surface area contributed by atoms with Crippen LogP contribution in [0.1, 0.15) is 31.2 Å². The SMILES string of the molecule is COc1cc(CCNC2=NCC3(CCCC3)N2)cc(OC)c1. The first-order valence-electron chi connectivity index (χ1n) is 8.01. The van der Waals surface area contributed by atoms with E-state index < -0.39 is 0 Å². The van der Waals surface area contributed by atoms with Gasteiger partial charge >= 0.3 is 0 Å². The molecule has 1 aliphatic heterocycles. The van der Waals surface area contributed by atoms with E-state index in [9.17, 15) is 0 Å². The summed E-state index contributed by atoms with van der Waals surface area (Å²) in [6.07, 6.45) is 6.03. The van der Waals surface area contributed by atoms with Crippen LogP contribution in [0.5, 0.6) is 11.5 Å². The van der Waals surface area contributed by atoms with Gasteiger partial charge in [0.2, 0.25) is 0 Å². The standard InChI is InChI=1S/C17H25N3O2/c1-21-14-9-13(10-15(11-14)22-2)5-8-18-16-19-12-17(20-16)6-3-4-7-17/h9-11H,3-8,12H2,1-2H3,(H2,18,19,20). The largest absolute Gasteiger partial charge is 0.497 e. The topological polar surface area (TPSA) is 54.9 Å². The van der Waals surface area contributed by atoms with E-state index in [0.717, 1.165) is 37.0 Å². The van der Waals surface area contributed by atoms with Gasteiger partial charge in [-0.05, 0) is 37.0 Å². The number of hydrogen-bond acceptors (Lipinski definition) is 5. The molecule has 3 rings (SSSR count). The Morgan fingerprint density at radius 2 is 1.82 bits per heavy atom. The summed E-state index contributed by atoms with van der Waals surface area (Å²) in [5.74, 6) is 2.61. The van der Waals surface area contributed by atoms with Crippen molar-refractivity contribution >= 4 is 5.96 Å². The number of benzene rings is 1. The van der Waals surface area contributed by atoms with E-state index in [1.54, 1.807) is 14.2 Å². The van der Waals surface area contributed by atoms with Crippen LogP contribution in [0.25, 0.3) is 0 Å². The molecule has 1 aromatic carbocycles. The third-order valence-corrected chi connectivity index (χ3v) is 4.60. The number of rotatable bonds is 5. The quantitative estimate of drug-likeness (QED) is 0.875. The zero-order valence-corrected chi connectivity index (χ0v) is 13.4. The molecule has 0 bridgehead atoms. The Hall–Kier alpha value is -1.91. The first-order valence-corrected chi connectivity index (χ1v) is 8.01. The van der Waals surface area contributed by atoms with Gasteiger partial charge in [-0.15, -0.1) is 0 Å². The maximum Gasteiger partial charge on any atom is 0.191 e. The van der Waals surface area contributed by atoms with Gasteiger partial charge in [-0.2, -0.15) is 0 Å². The molecule has 0 aromatic heterocycles. The molecule has 0 unspecified atom stereocenters. The molecule has 1 fully saturated rings. The minimum atomic E-state index is 0.252. The van der Waals surface area contributed by atoms with E-state index in [-0.39, 0.29) is 5.54 Å². The number of nitrogens with one attached hydrogen (secondary N) is 2. The molecule has 0 saturated heterocycles. The molecule has 0 atom stereocenters. The van der Waals surface area contributed by atoms with Crippen LogP contribution in [0.3, 0.4) is 0 Å². The molecule has 2 aliphatic rings.